The van der Waals surface area contributed by atoms with E-state index in [-0.39, 0.29) is 11.3 Å². The van der Waals surface area contributed by atoms with Gasteiger partial charge in [-0.25, -0.2) is 0 Å². The molecule has 0 bridgehead atoms. The lowest BCUT2D eigenvalue weighted by atomic mass is 10.0. The molecule has 0 saturated heterocycles. The van der Waals surface area contributed by atoms with E-state index in [1.165, 1.54) is 13.2 Å². The topological polar surface area (TPSA) is 55.7 Å². The lowest BCUT2D eigenvalue weighted by Crippen LogP contribution is -1.90. The largest absolute Gasteiger partial charge is 0.496 e. The van der Waals surface area contributed by atoms with E-state index >= 15 is 0 Å². The minimum absolute atomic E-state index is 0.131. The van der Waals surface area contributed by atoms with Crippen LogP contribution in [-0.4, -0.2) is 13.4 Å². The molecular formula is C12H9NO3. The number of hydrogen-bond donors (Lipinski definition) is 0. The second-order valence-electron chi connectivity index (χ2n) is 3.27. The van der Waals surface area contributed by atoms with Crippen LogP contribution in [0, 0.1) is 4.91 Å². The first-order valence-corrected chi connectivity index (χ1v) is 4.70. The lowest BCUT2D eigenvalue weighted by Gasteiger charge is -2.07. The number of ether oxygens (including phenoxy) is 1. The van der Waals surface area contributed by atoms with Crippen LogP contribution < -0.4 is 4.74 Å². The molecule has 0 amide bonds. The van der Waals surface area contributed by atoms with Crippen LogP contribution in [-0.2, 0) is 0 Å². The summed E-state index contributed by atoms with van der Waals surface area (Å²) in [7, 11) is 1.52. The molecule has 2 rings (SSSR count). The standard InChI is InChI=1S/C12H9NO3/c1-16-11-4-2-3-8-5-6-10(13-15)9(7-14)12(8)11/h2-7H,1H3. The summed E-state index contributed by atoms with van der Waals surface area (Å²) >= 11 is 0. The van der Waals surface area contributed by atoms with Gasteiger partial charge in [-0.15, -0.1) is 4.91 Å². The van der Waals surface area contributed by atoms with E-state index < -0.39 is 0 Å². The van der Waals surface area contributed by atoms with Crippen molar-refractivity contribution in [2.75, 3.05) is 7.11 Å². The minimum Gasteiger partial charge on any atom is -0.496 e. The molecule has 4 nitrogen and oxygen atoms in total. The number of carbonyl (C=O) groups is 1. The first kappa shape index (κ1) is 10.3. The molecule has 80 valence electrons. The molecule has 4 heteroatoms. The van der Waals surface area contributed by atoms with E-state index in [2.05, 4.69) is 5.18 Å². The lowest BCUT2D eigenvalue weighted by molar-refractivity contribution is 0.112. The van der Waals surface area contributed by atoms with Gasteiger partial charge in [-0.1, -0.05) is 18.2 Å². The Balaban J connectivity index is 2.93. The highest BCUT2D eigenvalue weighted by Gasteiger charge is 2.11. The first-order chi connectivity index (χ1) is 7.81. The molecule has 0 aromatic heterocycles. The Bertz CT molecular complexity index is 563. The Labute approximate surface area is 91.8 Å². The summed E-state index contributed by atoms with van der Waals surface area (Å²) in [6.45, 7) is 0. The molecule has 0 N–H and O–H groups in total. The summed E-state index contributed by atoms with van der Waals surface area (Å²) in [6.07, 6.45) is 0.627. The van der Waals surface area contributed by atoms with E-state index in [4.69, 9.17) is 4.74 Å². The summed E-state index contributed by atoms with van der Waals surface area (Å²) in [6, 6.07) is 8.67. The number of carbonyl (C=O) groups excluding carboxylic acids is 1. The van der Waals surface area contributed by atoms with Crippen LogP contribution in [0.25, 0.3) is 10.8 Å². The number of hydrogen-bond acceptors (Lipinski definition) is 4. The number of methoxy groups -OCH3 is 1. The molecule has 0 atom stereocenters. The summed E-state index contributed by atoms with van der Waals surface area (Å²) < 4.78 is 5.17. The zero-order valence-electron chi connectivity index (χ0n) is 8.64. The molecule has 2 aromatic carbocycles. The van der Waals surface area contributed by atoms with E-state index in [0.29, 0.717) is 17.4 Å². The van der Waals surface area contributed by atoms with Gasteiger partial charge in [-0.2, -0.15) is 0 Å². The average Bonchev–Trinajstić information content (AvgIpc) is 2.36. The van der Waals surface area contributed by atoms with Gasteiger partial charge in [0.15, 0.2) is 6.29 Å². The van der Waals surface area contributed by atoms with Crippen molar-refractivity contribution in [3.05, 3.63) is 40.8 Å². The van der Waals surface area contributed by atoms with Gasteiger partial charge >= 0.3 is 0 Å². The molecule has 0 aliphatic heterocycles. The van der Waals surface area contributed by atoms with E-state index in [0.717, 1.165) is 5.39 Å². The van der Waals surface area contributed by atoms with Crippen molar-refractivity contribution in [1.82, 2.24) is 0 Å². The Kier molecular flexibility index (Phi) is 2.64. The first-order valence-electron chi connectivity index (χ1n) is 4.70. The molecule has 0 unspecified atom stereocenters. The van der Waals surface area contributed by atoms with E-state index in [9.17, 15) is 9.70 Å². The van der Waals surface area contributed by atoms with Gasteiger partial charge in [0.05, 0.1) is 12.7 Å². The Morgan fingerprint density at radius 2 is 2.06 bits per heavy atom. The van der Waals surface area contributed by atoms with Crippen LogP contribution in [0.1, 0.15) is 10.4 Å². The zero-order valence-corrected chi connectivity index (χ0v) is 8.64. The van der Waals surface area contributed by atoms with Crippen LogP contribution in [0.4, 0.5) is 5.69 Å². The third-order valence-corrected chi connectivity index (χ3v) is 2.46. The molecule has 0 spiro atoms. The average molecular weight is 215 g/mol. The van der Waals surface area contributed by atoms with Gasteiger partial charge in [-0.3, -0.25) is 4.79 Å². The molecule has 0 radical (unpaired) electrons. The fourth-order valence-corrected chi connectivity index (χ4v) is 1.73. The van der Waals surface area contributed by atoms with Crippen LogP contribution >= 0.6 is 0 Å². The number of rotatable bonds is 3. The fourth-order valence-electron chi connectivity index (χ4n) is 1.73. The van der Waals surface area contributed by atoms with Gasteiger partial charge in [0.25, 0.3) is 0 Å². The van der Waals surface area contributed by atoms with Crippen molar-refractivity contribution in [2.45, 2.75) is 0 Å². The van der Waals surface area contributed by atoms with Crippen molar-refractivity contribution >= 4 is 22.7 Å². The quantitative estimate of drug-likeness (QED) is 0.584. The number of nitrogens with zero attached hydrogens (tertiary/aromatic N) is 1. The second-order valence-corrected chi connectivity index (χ2v) is 3.27. The van der Waals surface area contributed by atoms with Gasteiger partial charge in [-0.05, 0) is 22.7 Å². The maximum absolute atomic E-state index is 11.0. The van der Waals surface area contributed by atoms with Crippen molar-refractivity contribution in [3.8, 4) is 5.75 Å². The Morgan fingerprint density at radius 3 is 2.69 bits per heavy atom. The van der Waals surface area contributed by atoms with Gasteiger partial charge in [0.1, 0.15) is 11.4 Å². The van der Waals surface area contributed by atoms with E-state index in [1.807, 2.05) is 12.1 Å². The predicted octanol–water partition coefficient (Wildman–Crippen LogP) is 3.06. The SMILES string of the molecule is COc1cccc2ccc(N=O)c(C=O)c12. The number of fused-ring (bicyclic) bond motifs is 1. The maximum Gasteiger partial charge on any atom is 0.153 e. The van der Waals surface area contributed by atoms with Gasteiger partial charge in [0, 0.05) is 5.39 Å². The molecule has 0 aliphatic rings. The number of benzene rings is 2. The highest BCUT2D eigenvalue weighted by molar-refractivity contribution is 6.05. The summed E-state index contributed by atoms with van der Waals surface area (Å²) in [5.41, 5.74) is 0.400. The molecule has 0 heterocycles. The van der Waals surface area contributed by atoms with Crippen molar-refractivity contribution in [1.29, 1.82) is 0 Å². The molecule has 0 fully saturated rings. The Hall–Kier alpha value is -2.23. The van der Waals surface area contributed by atoms with Gasteiger partial charge in [0.2, 0.25) is 0 Å². The molecule has 0 aliphatic carbocycles. The molecule has 2 aromatic rings. The predicted molar refractivity (Wildman–Crippen MR) is 61.3 cm³/mol. The normalized spacial score (nSPS) is 10.1. The Morgan fingerprint density at radius 1 is 1.25 bits per heavy atom. The number of nitroso groups, excluding NO2 is 1. The van der Waals surface area contributed by atoms with Crippen molar-refractivity contribution in [3.63, 3.8) is 0 Å². The van der Waals surface area contributed by atoms with E-state index in [1.54, 1.807) is 12.1 Å². The fraction of sp³-hybridized carbons (Fsp3) is 0.0833. The van der Waals surface area contributed by atoms with Crippen molar-refractivity contribution < 1.29 is 9.53 Å². The van der Waals surface area contributed by atoms with Gasteiger partial charge < -0.3 is 4.74 Å². The highest BCUT2D eigenvalue weighted by Crippen LogP contribution is 2.33. The second kappa shape index (κ2) is 4.10. The maximum atomic E-state index is 11.0. The molecule has 0 saturated carbocycles. The molecular weight excluding hydrogens is 206 g/mol. The van der Waals surface area contributed by atoms with Crippen LogP contribution in [0.15, 0.2) is 35.5 Å². The van der Waals surface area contributed by atoms with Crippen LogP contribution in [0.3, 0.4) is 0 Å². The third kappa shape index (κ3) is 1.44. The summed E-state index contributed by atoms with van der Waals surface area (Å²) in [5.74, 6) is 0.560. The smallest absolute Gasteiger partial charge is 0.153 e. The van der Waals surface area contributed by atoms with Crippen LogP contribution in [0.2, 0.25) is 0 Å². The third-order valence-electron chi connectivity index (χ3n) is 2.46. The zero-order chi connectivity index (χ0) is 11.5. The van der Waals surface area contributed by atoms with Crippen molar-refractivity contribution in [2.24, 2.45) is 5.18 Å². The molecule has 16 heavy (non-hydrogen) atoms. The van der Waals surface area contributed by atoms with Crippen LogP contribution in [0.5, 0.6) is 5.75 Å². The number of aldehydes is 1. The summed E-state index contributed by atoms with van der Waals surface area (Å²) in [4.78, 5) is 21.6. The minimum atomic E-state index is 0.131. The monoisotopic (exact) mass is 215 g/mol. The summed E-state index contributed by atoms with van der Waals surface area (Å²) in [5, 5.41) is 4.29. The highest BCUT2D eigenvalue weighted by atomic mass is 16.5.